The maximum atomic E-state index is 11.7. The van der Waals surface area contributed by atoms with Gasteiger partial charge in [-0.2, -0.15) is 0 Å². The van der Waals surface area contributed by atoms with Crippen LogP contribution in [0.5, 0.6) is 5.75 Å². The van der Waals surface area contributed by atoms with Crippen LogP contribution in [0.3, 0.4) is 0 Å². The summed E-state index contributed by atoms with van der Waals surface area (Å²) in [6.07, 6.45) is 0. The zero-order valence-electron chi connectivity index (χ0n) is 10.3. The van der Waals surface area contributed by atoms with E-state index in [0.717, 1.165) is 0 Å². The Hall–Kier alpha value is -3.02. The van der Waals surface area contributed by atoms with E-state index < -0.39 is 12.0 Å². The summed E-state index contributed by atoms with van der Waals surface area (Å²) >= 11 is 0. The van der Waals surface area contributed by atoms with E-state index in [1.807, 2.05) is 0 Å². The van der Waals surface area contributed by atoms with E-state index in [-0.39, 0.29) is 17.0 Å². The van der Waals surface area contributed by atoms with Crippen molar-refractivity contribution >= 4 is 23.4 Å². The standard InChI is InChI=1S/C14H12N2O4/c17-12-7-2-1-6-11(12)16-14(20)15-10-5-3-4-9(8-10)13(18)19/h1-8,17H,(H,18,19)(H2,15,16,20). The van der Waals surface area contributed by atoms with Crippen molar-refractivity contribution in [3.05, 3.63) is 54.1 Å². The van der Waals surface area contributed by atoms with Gasteiger partial charge >= 0.3 is 12.0 Å². The Kier molecular flexibility index (Phi) is 3.85. The average molecular weight is 272 g/mol. The van der Waals surface area contributed by atoms with Crippen molar-refractivity contribution in [2.24, 2.45) is 0 Å². The number of hydrogen-bond donors (Lipinski definition) is 4. The number of carboxylic acids is 1. The topological polar surface area (TPSA) is 98.7 Å². The van der Waals surface area contributed by atoms with Crippen molar-refractivity contribution in [2.45, 2.75) is 0 Å². The summed E-state index contributed by atoms with van der Waals surface area (Å²) in [5.41, 5.74) is 0.683. The van der Waals surface area contributed by atoms with Crippen molar-refractivity contribution in [1.82, 2.24) is 0 Å². The van der Waals surface area contributed by atoms with Gasteiger partial charge in [-0.25, -0.2) is 9.59 Å². The highest BCUT2D eigenvalue weighted by Gasteiger charge is 2.07. The third kappa shape index (κ3) is 3.26. The number of carbonyl (C=O) groups excluding carboxylic acids is 1. The number of aromatic hydroxyl groups is 1. The molecule has 6 heteroatoms. The van der Waals surface area contributed by atoms with E-state index in [0.29, 0.717) is 5.69 Å². The van der Waals surface area contributed by atoms with E-state index in [4.69, 9.17) is 5.11 Å². The summed E-state index contributed by atoms with van der Waals surface area (Å²) < 4.78 is 0. The number of urea groups is 1. The first-order valence-corrected chi connectivity index (χ1v) is 5.75. The van der Waals surface area contributed by atoms with Crippen LogP contribution >= 0.6 is 0 Å². The number of amides is 2. The number of anilines is 2. The van der Waals surface area contributed by atoms with Crippen LogP contribution in [0.4, 0.5) is 16.2 Å². The highest BCUT2D eigenvalue weighted by Crippen LogP contribution is 2.21. The van der Waals surface area contributed by atoms with E-state index in [2.05, 4.69) is 10.6 Å². The zero-order chi connectivity index (χ0) is 14.5. The van der Waals surface area contributed by atoms with Crippen LogP contribution < -0.4 is 10.6 Å². The van der Waals surface area contributed by atoms with Crippen LogP contribution in [0.25, 0.3) is 0 Å². The van der Waals surface area contributed by atoms with Gasteiger partial charge in [-0.15, -0.1) is 0 Å². The maximum Gasteiger partial charge on any atom is 0.335 e. The lowest BCUT2D eigenvalue weighted by Crippen LogP contribution is -2.19. The predicted octanol–water partition coefficient (Wildman–Crippen LogP) is 2.73. The van der Waals surface area contributed by atoms with Gasteiger partial charge in [0.15, 0.2) is 0 Å². The van der Waals surface area contributed by atoms with Gasteiger partial charge in [0, 0.05) is 5.69 Å². The first kappa shape index (κ1) is 13.4. The minimum absolute atomic E-state index is 0.0538. The number of carbonyl (C=O) groups is 2. The molecule has 0 heterocycles. The molecule has 0 aromatic heterocycles. The molecule has 6 nitrogen and oxygen atoms in total. The fourth-order valence-corrected chi connectivity index (χ4v) is 1.59. The molecule has 0 bridgehead atoms. The number of carboxylic acid groups (broad SMARTS) is 1. The van der Waals surface area contributed by atoms with Crippen molar-refractivity contribution in [2.75, 3.05) is 10.6 Å². The molecule has 0 unspecified atom stereocenters. The maximum absolute atomic E-state index is 11.7. The van der Waals surface area contributed by atoms with E-state index >= 15 is 0 Å². The molecule has 0 radical (unpaired) electrons. The summed E-state index contributed by atoms with van der Waals surface area (Å²) in [5, 5.41) is 23.3. The fourth-order valence-electron chi connectivity index (χ4n) is 1.59. The van der Waals surface area contributed by atoms with Crippen LogP contribution in [0.15, 0.2) is 48.5 Å². The van der Waals surface area contributed by atoms with Crippen LogP contribution in [-0.4, -0.2) is 22.2 Å². The number of nitrogens with one attached hydrogen (secondary N) is 2. The highest BCUT2D eigenvalue weighted by atomic mass is 16.4. The first-order chi connectivity index (χ1) is 9.56. The lowest BCUT2D eigenvalue weighted by molar-refractivity contribution is 0.0697. The number of benzene rings is 2. The molecule has 20 heavy (non-hydrogen) atoms. The Morgan fingerprint density at radius 2 is 1.70 bits per heavy atom. The Labute approximate surface area is 114 Å². The molecule has 2 aromatic carbocycles. The zero-order valence-corrected chi connectivity index (χ0v) is 10.3. The molecule has 102 valence electrons. The van der Waals surface area contributed by atoms with Gasteiger partial charge in [-0.3, -0.25) is 0 Å². The summed E-state index contributed by atoms with van der Waals surface area (Å²) in [6.45, 7) is 0. The fraction of sp³-hybridized carbons (Fsp3) is 0. The average Bonchev–Trinajstić information content (AvgIpc) is 2.41. The Morgan fingerprint density at radius 3 is 2.40 bits per heavy atom. The quantitative estimate of drug-likeness (QED) is 0.645. The molecular weight excluding hydrogens is 260 g/mol. The van der Waals surface area contributed by atoms with Gasteiger partial charge in [0.1, 0.15) is 5.75 Å². The highest BCUT2D eigenvalue weighted by molar-refractivity contribution is 6.01. The molecular formula is C14H12N2O4. The van der Waals surface area contributed by atoms with Crippen molar-refractivity contribution in [3.8, 4) is 5.75 Å². The number of phenolic OH excluding ortho intramolecular Hbond substituents is 1. The van der Waals surface area contributed by atoms with Gasteiger partial charge in [0.25, 0.3) is 0 Å². The van der Waals surface area contributed by atoms with Crippen LogP contribution in [0.2, 0.25) is 0 Å². The van der Waals surface area contributed by atoms with Gasteiger partial charge in [-0.05, 0) is 30.3 Å². The second kappa shape index (κ2) is 5.75. The van der Waals surface area contributed by atoms with Gasteiger partial charge in [-0.1, -0.05) is 18.2 Å². The lowest BCUT2D eigenvalue weighted by atomic mass is 10.2. The van der Waals surface area contributed by atoms with Gasteiger partial charge in [0.05, 0.1) is 11.3 Å². The molecule has 4 N–H and O–H groups in total. The molecule has 0 atom stereocenters. The number of para-hydroxylation sites is 2. The molecule has 2 rings (SSSR count). The molecule has 0 spiro atoms. The molecule has 0 aliphatic carbocycles. The minimum atomic E-state index is -1.07. The van der Waals surface area contributed by atoms with E-state index in [9.17, 15) is 14.7 Å². The largest absolute Gasteiger partial charge is 0.506 e. The smallest absolute Gasteiger partial charge is 0.335 e. The summed E-state index contributed by atoms with van der Waals surface area (Å²) in [4.78, 5) is 22.5. The number of hydrogen-bond acceptors (Lipinski definition) is 3. The molecule has 0 fully saturated rings. The molecule has 0 aliphatic rings. The van der Waals surface area contributed by atoms with Crippen LogP contribution in [-0.2, 0) is 0 Å². The SMILES string of the molecule is O=C(Nc1cccc(C(=O)O)c1)Nc1ccccc1O. The van der Waals surface area contributed by atoms with Crippen molar-refractivity contribution < 1.29 is 19.8 Å². The molecule has 2 amide bonds. The Morgan fingerprint density at radius 1 is 0.950 bits per heavy atom. The monoisotopic (exact) mass is 272 g/mol. The van der Waals surface area contributed by atoms with Crippen LogP contribution in [0, 0.1) is 0 Å². The Bertz CT molecular complexity index is 655. The van der Waals surface area contributed by atoms with Gasteiger partial charge < -0.3 is 20.8 Å². The lowest BCUT2D eigenvalue weighted by Gasteiger charge is -2.09. The van der Waals surface area contributed by atoms with Crippen molar-refractivity contribution in [1.29, 1.82) is 0 Å². The van der Waals surface area contributed by atoms with Crippen LogP contribution in [0.1, 0.15) is 10.4 Å². The second-order valence-corrected chi connectivity index (χ2v) is 3.98. The number of aromatic carboxylic acids is 1. The van der Waals surface area contributed by atoms with E-state index in [1.165, 1.54) is 24.3 Å². The summed E-state index contributed by atoms with van der Waals surface area (Å²) in [7, 11) is 0. The van der Waals surface area contributed by atoms with Gasteiger partial charge in [0.2, 0.25) is 0 Å². The number of rotatable bonds is 3. The summed E-state index contributed by atoms with van der Waals surface area (Å²) in [6, 6.07) is 11.6. The van der Waals surface area contributed by atoms with Crippen molar-refractivity contribution in [3.63, 3.8) is 0 Å². The second-order valence-electron chi connectivity index (χ2n) is 3.98. The Balaban J connectivity index is 2.07. The minimum Gasteiger partial charge on any atom is -0.506 e. The molecule has 2 aromatic rings. The third-order valence-corrected chi connectivity index (χ3v) is 2.52. The molecule has 0 saturated heterocycles. The number of phenols is 1. The molecule has 0 aliphatic heterocycles. The normalized spacial score (nSPS) is 9.80. The summed E-state index contributed by atoms with van der Waals surface area (Å²) in [5.74, 6) is -1.13. The third-order valence-electron chi connectivity index (χ3n) is 2.52. The predicted molar refractivity (Wildman–Crippen MR) is 74.1 cm³/mol. The van der Waals surface area contributed by atoms with E-state index in [1.54, 1.807) is 24.3 Å². The first-order valence-electron chi connectivity index (χ1n) is 5.75. The molecule has 0 saturated carbocycles.